The molecule has 0 radical (unpaired) electrons. The molecule has 0 spiro atoms. The van der Waals surface area contributed by atoms with Gasteiger partial charge >= 0.3 is 0 Å². The molecule has 2 atom stereocenters. The van der Waals surface area contributed by atoms with Crippen molar-refractivity contribution >= 4 is 8.07 Å². The van der Waals surface area contributed by atoms with E-state index < -0.39 is 8.07 Å². The largest absolute Gasteiger partial charge is 0.379 e. The molecule has 2 rings (SSSR count). The van der Waals surface area contributed by atoms with Gasteiger partial charge in [-0.1, -0.05) is 50.0 Å². The fraction of sp³-hybridized carbons (Fsp3) is 0.600. The summed E-state index contributed by atoms with van der Waals surface area (Å²) >= 11 is 0. The van der Waals surface area contributed by atoms with E-state index in [2.05, 4.69) is 43.9 Å². The zero-order valence-electron chi connectivity index (χ0n) is 11.7. The van der Waals surface area contributed by atoms with Crippen molar-refractivity contribution in [1.29, 1.82) is 0 Å². The number of benzene rings is 1. The predicted octanol–water partition coefficient (Wildman–Crippen LogP) is 3.63. The highest BCUT2D eigenvalue weighted by Crippen LogP contribution is 2.24. The highest BCUT2D eigenvalue weighted by atomic mass is 28.3. The van der Waals surface area contributed by atoms with E-state index in [4.69, 9.17) is 9.47 Å². The molecule has 0 bridgehead atoms. The van der Waals surface area contributed by atoms with Crippen molar-refractivity contribution in [2.75, 3.05) is 6.61 Å². The van der Waals surface area contributed by atoms with Gasteiger partial charge in [-0.05, 0) is 18.4 Å². The minimum atomic E-state index is -1.15. The Hall–Kier alpha value is -0.643. The van der Waals surface area contributed by atoms with E-state index in [-0.39, 0.29) is 6.10 Å². The standard InChI is InChI=1S/C15H24O2Si/c1-18(2,3)15-10-9-14(12-17-15)16-11-13-7-5-4-6-8-13/h4-8,14-15H,9-12H2,1-3H3/t14-,15-/m0/s1. The molecular formula is C15H24O2Si. The molecule has 18 heavy (non-hydrogen) atoms. The maximum Gasteiger partial charge on any atom is 0.0813 e. The van der Waals surface area contributed by atoms with Gasteiger partial charge in [-0.25, -0.2) is 0 Å². The first kappa shape index (κ1) is 13.8. The summed E-state index contributed by atoms with van der Waals surface area (Å²) < 4.78 is 11.9. The zero-order valence-corrected chi connectivity index (χ0v) is 12.7. The van der Waals surface area contributed by atoms with E-state index in [0.717, 1.165) is 19.4 Å². The highest BCUT2D eigenvalue weighted by Gasteiger charge is 2.32. The van der Waals surface area contributed by atoms with Crippen molar-refractivity contribution in [2.45, 2.75) is 50.9 Å². The van der Waals surface area contributed by atoms with Gasteiger partial charge in [0.2, 0.25) is 0 Å². The first-order valence-corrected chi connectivity index (χ1v) is 10.4. The van der Waals surface area contributed by atoms with Crippen molar-refractivity contribution in [2.24, 2.45) is 0 Å². The summed E-state index contributed by atoms with van der Waals surface area (Å²) in [5.74, 6) is 0. The lowest BCUT2D eigenvalue weighted by molar-refractivity contribution is -0.0711. The summed E-state index contributed by atoms with van der Waals surface area (Å²) in [6.07, 6.45) is 2.58. The Kier molecular flexibility index (Phi) is 4.59. The zero-order chi connectivity index (χ0) is 13.0. The summed E-state index contributed by atoms with van der Waals surface area (Å²) in [5, 5.41) is 0. The van der Waals surface area contributed by atoms with Crippen LogP contribution in [0.1, 0.15) is 18.4 Å². The van der Waals surface area contributed by atoms with Gasteiger partial charge in [0.1, 0.15) is 0 Å². The first-order valence-electron chi connectivity index (χ1n) is 6.83. The Morgan fingerprint density at radius 1 is 1.17 bits per heavy atom. The molecule has 1 aliphatic heterocycles. The van der Waals surface area contributed by atoms with E-state index in [1.165, 1.54) is 5.56 Å². The van der Waals surface area contributed by atoms with Crippen molar-refractivity contribution < 1.29 is 9.47 Å². The maximum absolute atomic E-state index is 5.98. The van der Waals surface area contributed by atoms with Crippen LogP contribution in [0.25, 0.3) is 0 Å². The fourth-order valence-electron chi connectivity index (χ4n) is 2.33. The summed E-state index contributed by atoms with van der Waals surface area (Å²) in [4.78, 5) is 0. The molecule has 0 N–H and O–H groups in total. The monoisotopic (exact) mass is 264 g/mol. The van der Waals surface area contributed by atoms with Crippen LogP contribution in [0.5, 0.6) is 0 Å². The van der Waals surface area contributed by atoms with E-state index in [0.29, 0.717) is 12.3 Å². The first-order chi connectivity index (χ1) is 8.55. The number of hydrogen-bond donors (Lipinski definition) is 0. The number of ether oxygens (including phenoxy) is 2. The van der Waals surface area contributed by atoms with Gasteiger partial charge in [-0.3, -0.25) is 0 Å². The lowest BCUT2D eigenvalue weighted by Gasteiger charge is -2.35. The minimum Gasteiger partial charge on any atom is -0.379 e. The Bertz CT molecular complexity index is 351. The summed E-state index contributed by atoms with van der Waals surface area (Å²) in [7, 11) is -1.15. The van der Waals surface area contributed by atoms with Gasteiger partial charge in [0, 0.05) is 5.73 Å². The van der Waals surface area contributed by atoms with Crippen molar-refractivity contribution in [3.63, 3.8) is 0 Å². The second kappa shape index (κ2) is 6.00. The normalized spacial score (nSPS) is 25.1. The predicted molar refractivity (Wildman–Crippen MR) is 77.3 cm³/mol. The van der Waals surface area contributed by atoms with Crippen LogP contribution in [0, 0.1) is 0 Å². The van der Waals surface area contributed by atoms with Crippen LogP contribution < -0.4 is 0 Å². The molecule has 0 unspecified atom stereocenters. The molecule has 0 saturated carbocycles. The lowest BCUT2D eigenvalue weighted by Crippen LogP contribution is -2.45. The fourth-order valence-corrected chi connectivity index (χ4v) is 3.96. The molecule has 1 aliphatic rings. The summed E-state index contributed by atoms with van der Waals surface area (Å²) in [5.41, 5.74) is 1.75. The molecule has 0 aliphatic carbocycles. The van der Waals surface area contributed by atoms with Crippen LogP contribution in [-0.4, -0.2) is 26.5 Å². The summed E-state index contributed by atoms with van der Waals surface area (Å²) in [6.45, 7) is 8.60. The molecule has 1 heterocycles. The highest BCUT2D eigenvalue weighted by molar-refractivity contribution is 6.77. The Morgan fingerprint density at radius 3 is 2.44 bits per heavy atom. The molecular weight excluding hydrogens is 240 g/mol. The average molecular weight is 264 g/mol. The second-order valence-electron chi connectivity index (χ2n) is 6.18. The minimum absolute atomic E-state index is 0.276. The van der Waals surface area contributed by atoms with E-state index >= 15 is 0 Å². The summed E-state index contributed by atoms with van der Waals surface area (Å²) in [6, 6.07) is 10.4. The number of rotatable bonds is 4. The van der Waals surface area contributed by atoms with Crippen molar-refractivity contribution in [3.8, 4) is 0 Å². The molecule has 100 valence electrons. The second-order valence-corrected chi connectivity index (χ2v) is 11.6. The van der Waals surface area contributed by atoms with E-state index in [1.54, 1.807) is 0 Å². The average Bonchev–Trinajstić information content (AvgIpc) is 2.37. The molecule has 0 amide bonds. The quantitative estimate of drug-likeness (QED) is 0.773. The molecule has 0 aromatic heterocycles. The third-order valence-corrected chi connectivity index (χ3v) is 5.92. The smallest absolute Gasteiger partial charge is 0.0813 e. The number of hydrogen-bond acceptors (Lipinski definition) is 2. The molecule has 3 heteroatoms. The molecule has 2 nitrogen and oxygen atoms in total. The van der Waals surface area contributed by atoms with Crippen LogP contribution in [0.3, 0.4) is 0 Å². The topological polar surface area (TPSA) is 18.5 Å². The van der Waals surface area contributed by atoms with Crippen LogP contribution in [0.15, 0.2) is 30.3 Å². The van der Waals surface area contributed by atoms with Crippen LogP contribution >= 0.6 is 0 Å². The van der Waals surface area contributed by atoms with Gasteiger partial charge in [-0.15, -0.1) is 0 Å². The van der Waals surface area contributed by atoms with Gasteiger partial charge in [0.05, 0.1) is 27.4 Å². The Balaban J connectivity index is 1.74. The lowest BCUT2D eigenvalue weighted by atomic mass is 10.1. The third kappa shape index (κ3) is 3.94. The molecule has 1 fully saturated rings. The van der Waals surface area contributed by atoms with Gasteiger partial charge in [0.25, 0.3) is 0 Å². The Labute approximate surface area is 111 Å². The SMILES string of the molecule is C[Si](C)(C)[C@H]1CC[C@H](OCc2ccccc2)CO1. The molecule has 1 aromatic carbocycles. The van der Waals surface area contributed by atoms with Crippen LogP contribution in [-0.2, 0) is 16.1 Å². The van der Waals surface area contributed by atoms with E-state index in [1.807, 2.05) is 6.07 Å². The Morgan fingerprint density at radius 2 is 1.89 bits per heavy atom. The molecule has 1 aromatic rings. The van der Waals surface area contributed by atoms with E-state index in [9.17, 15) is 0 Å². The van der Waals surface area contributed by atoms with Gasteiger partial charge in [0.15, 0.2) is 0 Å². The van der Waals surface area contributed by atoms with Gasteiger partial charge < -0.3 is 9.47 Å². The van der Waals surface area contributed by atoms with Crippen LogP contribution in [0.2, 0.25) is 19.6 Å². The third-order valence-electron chi connectivity index (χ3n) is 3.53. The van der Waals surface area contributed by atoms with Crippen LogP contribution in [0.4, 0.5) is 0 Å². The maximum atomic E-state index is 5.98. The van der Waals surface area contributed by atoms with Gasteiger partial charge in [-0.2, -0.15) is 0 Å². The van der Waals surface area contributed by atoms with Crippen molar-refractivity contribution in [3.05, 3.63) is 35.9 Å². The molecule has 1 saturated heterocycles. The van der Waals surface area contributed by atoms with Crippen molar-refractivity contribution in [1.82, 2.24) is 0 Å².